The second-order valence-corrected chi connectivity index (χ2v) is 6.33. The third kappa shape index (κ3) is 3.73. The van der Waals surface area contributed by atoms with E-state index in [-0.39, 0.29) is 5.03 Å². The van der Waals surface area contributed by atoms with E-state index >= 15 is 0 Å². The van der Waals surface area contributed by atoms with Crippen LogP contribution in [-0.2, 0) is 16.0 Å². The molecule has 1 aromatic heterocycles. The van der Waals surface area contributed by atoms with Crippen LogP contribution in [0.1, 0.15) is 18.1 Å². The van der Waals surface area contributed by atoms with Crippen molar-refractivity contribution in [3.05, 3.63) is 65.2 Å². The molecule has 0 unspecified atom stereocenters. The van der Waals surface area contributed by atoms with Crippen molar-refractivity contribution in [1.29, 1.82) is 0 Å². The molecular weight excluding hydrogens is 315 g/mol. The fourth-order valence-corrected chi connectivity index (χ4v) is 3.00. The Kier molecular flexibility index (Phi) is 4.37. The van der Waals surface area contributed by atoms with Gasteiger partial charge < -0.3 is 0 Å². The van der Waals surface area contributed by atoms with Gasteiger partial charge in [-0.15, -0.1) is 0 Å². The standard InChI is InChI=1S/C15H12F3NO2S/c1-11(10-22(20,21)14-4-2-3-9-19-14)12-5-7-13(8-6-12)15(16,17)18/h2-10H,1H3/b11-10+. The number of halogens is 3. The molecular formula is C15H12F3NO2S. The van der Waals surface area contributed by atoms with Gasteiger partial charge in [0, 0.05) is 11.6 Å². The van der Waals surface area contributed by atoms with Crippen LogP contribution in [-0.4, -0.2) is 13.4 Å². The summed E-state index contributed by atoms with van der Waals surface area (Å²) in [6, 6.07) is 8.80. The van der Waals surface area contributed by atoms with Crippen LogP contribution in [0.3, 0.4) is 0 Å². The minimum Gasteiger partial charge on any atom is -0.244 e. The summed E-state index contributed by atoms with van der Waals surface area (Å²) in [4.78, 5) is 3.76. The van der Waals surface area contributed by atoms with Crippen molar-refractivity contribution < 1.29 is 21.6 Å². The van der Waals surface area contributed by atoms with Crippen molar-refractivity contribution in [3.63, 3.8) is 0 Å². The van der Waals surface area contributed by atoms with Gasteiger partial charge in [0.05, 0.1) is 5.56 Å². The Labute approximate surface area is 126 Å². The molecule has 0 spiro atoms. The van der Waals surface area contributed by atoms with Crippen LogP contribution in [0.25, 0.3) is 5.57 Å². The quantitative estimate of drug-likeness (QED) is 0.858. The van der Waals surface area contributed by atoms with Crippen LogP contribution in [0.2, 0.25) is 0 Å². The number of sulfone groups is 1. The molecule has 0 saturated carbocycles. The first-order valence-corrected chi connectivity index (χ1v) is 7.77. The maximum atomic E-state index is 12.5. The second-order valence-electron chi connectivity index (χ2n) is 4.59. The lowest BCUT2D eigenvalue weighted by Gasteiger charge is -2.08. The number of hydrogen-bond donors (Lipinski definition) is 0. The molecule has 0 aliphatic carbocycles. The maximum Gasteiger partial charge on any atom is 0.416 e. The number of aromatic nitrogens is 1. The summed E-state index contributed by atoms with van der Waals surface area (Å²) in [5.41, 5.74) is -0.0523. The van der Waals surface area contributed by atoms with Crippen molar-refractivity contribution in [3.8, 4) is 0 Å². The van der Waals surface area contributed by atoms with E-state index in [1.807, 2.05) is 0 Å². The molecule has 116 valence electrons. The van der Waals surface area contributed by atoms with Gasteiger partial charge in [-0.05, 0) is 42.3 Å². The van der Waals surface area contributed by atoms with E-state index in [0.717, 1.165) is 17.5 Å². The number of pyridine rings is 1. The largest absolute Gasteiger partial charge is 0.416 e. The molecule has 0 radical (unpaired) electrons. The highest BCUT2D eigenvalue weighted by molar-refractivity contribution is 7.94. The molecule has 0 fully saturated rings. The summed E-state index contributed by atoms with van der Waals surface area (Å²) < 4.78 is 61.7. The van der Waals surface area contributed by atoms with Gasteiger partial charge in [0.1, 0.15) is 0 Å². The maximum absolute atomic E-state index is 12.5. The lowest BCUT2D eigenvalue weighted by Crippen LogP contribution is -2.04. The number of nitrogens with zero attached hydrogens (tertiary/aromatic N) is 1. The minimum atomic E-state index is -4.42. The molecule has 3 nitrogen and oxygen atoms in total. The van der Waals surface area contributed by atoms with Gasteiger partial charge in [0.15, 0.2) is 5.03 Å². The van der Waals surface area contributed by atoms with Crippen molar-refractivity contribution in [1.82, 2.24) is 4.98 Å². The number of allylic oxidation sites excluding steroid dienone is 1. The van der Waals surface area contributed by atoms with E-state index in [4.69, 9.17) is 0 Å². The SMILES string of the molecule is C/C(=C\S(=O)(=O)c1ccccn1)c1ccc(C(F)(F)F)cc1. The minimum absolute atomic E-state index is 0.110. The molecule has 0 aliphatic heterocycles. The molecule has 0 saturated heterocycles. The monoisotopic (exact) mass is 327 g/mol. The molecule has 0 atom stereocenters. The van der Waals surface area contributed by atoms with Crippen molar-refractivity contribution in [2.75, 3.05) is 0 Å². The van der Waals surface area contributed by atoms with Gasteiger partial charge in [-0.1, -0.05) is 18.2 Å². The zero-order valence-electron chi connectivity index (χ0n) is 11.5. The van der Waals surface area contributed by atoms with Gasteiger partial charge in [-0.25, -0.2) is 13.4 Å². The van der Waals surface area contributed by atoms with Crippen molar-refractivity contribution in [2.24, 2.45) is 0 Å². The summed E-state index contributed by atoms with van der Waals surface area (Å²) in [5, 5.41) is 0.888. The van der Waals surface area contributed by atoms with Crippen LogP contribution >= 0.6 is 0 Å². The van der Waals surface area contributed by atoms with E-state index in [1.54, 1.807) is 12.1 Å². The van der Waals surface area contributed by atoms with Gasteiger partial charge in [-0.2, -0.15) is 13.2 Å². The molecule has 2 aromatic rings. The first-order valence-electron chi connectivity index (χ1n) is 6.22. The van der Waals surface area contributed by atoms with Crippen molar-refractivity contribution in [2.45, 2.75) is 18.1 Å². The predicted molar refractivity (Wildman–Crippen MR) is 76.5 cm³/mol. The van der Waals surface area contributed by atoms with E-state index < -0.39 is 21.6 Å². The van der Waals surface area contributed by atoms with E-state index in [1.165, 1.54) is 31.3 Å². The fourth-order valence-electron chi connectivity index (χ4n) is 1.80. The molecule has 0 amide bonds. The topological polar surface area (TPSA) is 47.0 Å². The predicted octanol–water partition coefficient (Wildman–Crippen LogP) is 3.94. The molecule has 0 bridgehead atoms. The molecule has 0 aliphatic rings. The molecule has 0 N–H and O–H groups in total. The number of alkyl halides is 3. The summed E-state index contributed by atoms with van der Waals surface area (Å²) in [6.45, 7) is 1.52. The van der Waals surface area contributed by atoms with Gasteiger partial charge >= 0.3 is 6.18 Å². The normalized spacial score (nSPS) is 13.2. The molecule has 22 heavy (non-hydrogen) atoms. The Morgan fingerprint density at radius 3 is 2.23 bits per heavy atom. The average molecular weight is 327 g/mol. The molecule has 1 heterocycles. The number of hydrogen-bond acceptors (Lipinski definition) is 3. The zero-order chi connectivity index (χ0) is 16.4. The highest BCUT2D eigenvalue weighted by Gasteiger charge is 2.30. The lowest BCUT2D eigenvalue weighted by molar-refractivity contribution is -0.137. The first-order chi connectivity index (χ1) is 10.2. The molecule has 2 rings (SSSR count). The van der Waals surface area contributed by atoms with E-state index in [9.17, 15) is 21.6 Å². The van der Waals surface area contributed by atoms with Crippen LogP contribution in [0.15, 0.2) is 59.1 Å². The molecule has 7 heteroatoms. The summed E-state index contributed by atoms with van der Waals surface area (Å²) in [7, 11) is -3.74. The summed E-state index contributed by atoms with van der Waals surface area (Å²) in [5.74, 6) is 0. The van der Waals surface area contributed by atoms with E-state index in [0.29, 0.717) is 11.1 Å². The van der Waals surface area contributed by atoms with Crippen molar-refractivity contribution >= 4 is 15.4 Å². The molecule has 1 aromatic carbocycles. The van der Waals surface area contributed by atoms with Crippen LogP contribution < -0.4 is 0 Å². The highest BCUT2D eigenvalue weighted by atomic mass is 32.2. The van der Waals surface area contributed by atoms with Crippen LogP contribution in [0.4, 0.5) is 13.2 Å². The Morgan fingerprint density at radius 2 is 1.73 bits per heavy atom. The Hall–Kier alpha value is -2.15. The third-order valence-corrected chi connectivity index (χ3v) is 4.42. The Bertz CT molecular complexity index is 780. The smallest absolute Gasteiger partial charge is 0.244 e. The third-order valence-electron chi connectivity index (χ3n) is 2.93. The van der Waals surface area contributed by atoms with Crippen LogP contribution in [0, 0.1) is 0 Å². The average Bonchev–Trinajstić information content (AvgIpc) is 2.47. The number of benzene rings is 1. The summed E-state index contributed by atoms with van der Waals surface area (Å²) >= 11 is 0. The van der Waals surface area contributed by atoms with E-state index in [2.05, 4.69) is 4.98 Å². The summed E-state index contributed by atoms with van der Waals surface area (Å²) in [6.07, 6.45) is -3.07. The zero-order valence-corrected chi connectivity index (χ0v) is 12.3. The highest BCUT2D eigenvalue weighted by Crippen LogP contribution is 2.30. The lowest BCUT2D eigenvalue weighted by atomic mass is 10.1. The Balaban J connectivity index is 2.33. The Morgan fingerprint density at radius 1 is 1.09 bits per heavy atom. The first kappa shape index (κ1) is 16.2. The van der Waals surface area contributed by atoms with Crippen LogP contribution in [0.5, 0.6) is 0 Å². The van der Waals surface area contributed by atoms with Gasteiger partial charge in [-0.3, -0.25) is 0 Å². The van der Waals surface area contributed by atoms with Gasteiger partial charge in [0.25, 0.3) is 0 Å². The number of rotatable bonds is 3. The fraction of sp³-hybridized carbons (Fsp3) is 0.133. The second kappa shape index (κ2) is 5.92. The van der Waals surface area contributed by atoms with Gasteiger partial charge in [0.2, 0.25) is 9.84 Å².